The Balaban J connectivity index is 2.20. The van der Waals surface area contributed by atoms with Gasteiger partial charge in [0.25, 0.3) is 0 Å². The van der Waals surface area contributed by atoms with E-state index in [4.69, 9.17) is 5.73 Å². The lowest BCUT2D eigenvalue weighted by Crippen LogP contribution is -2.14. The number of rotatable bonds is 3. The highest BCUT2D eigenvalue weighted by Gasteiger charge is 2.12. The van der Waals surface area contributed by atoms with E-state index in [1.165, 1.54) is 5.56 Å². The Morgan fingerprint density at radius 2 is 2.31 bits per heavy atom. The summed E-state index contributed by atoms with van der Waals surface area (Å²) >= 11 is 5.19. The van der Waals surface area contributed by atoms with Gasteiger partial charge in [0.15, 0.2) is 0 Å². The molecular weight excluding hydrogens is 284 g/mol. The maximum Gasteiger partial charge on any atom is 0.0943 e. The number of benzene rings is 1. The van der Waals surface area contributed by atoms with Crippen LogP contribution in [0.5, 0.6) is 0 Å². The molecule has 0 saturated carbocycles. The van der Waals surface area contributed by atoms with Gasteiger partial charge in [-0.05, 0) is 18.6 Å². The zero-order chi connectivity index (χ0) is 11.5. The molecule has 0 amide bonds. The standard InChI is InChI=1S/C12H13BrN2S/c1-8-2-3-10(13)9(6-8)11(14)7-12-15-4-5-16-12/h2-6,11H,7,14H2,1H3. The summed E-state index contributed by atoms with van der Waals surface area (Å²) in [5, 5.41) is 3.06. The third-order valence-electron chi connectivity index (χ3n) is 2.43. The first kappa shape index (κ1) is 11.8. The lowest BCUT2D eigenvalue weighted by Gasteiger charge is -2.13. The molecule has 4 heteroatoms. The van der Waals surface area contributed by atoms with Crippen molar-refractivity contribution in [3.05, 3.63) is 50.4 Å². The maximum absolute atomic E-state index is 6.19. The molecule has 0 radical (unpaired) electrons. The second-order valence-corrected chi connectivity index (χ2v) is 5.59. The summed E-state index contributed by atoms with van der Waals surface area (Å²) < 4.78 is 1.07. The van der Waals surface area contributed by atoms with E-state index in [1.807, 2.05) is 17.6 Å². The van der Waals surface area contributed by atoms with Crippen molar-refractivity contribution in [2.75, 3.05) is 0 Å². The molecule has 1 unspecified atom stereocenters. The van der Waals surface area contributed by atoms with Gasteiger partial charge in [-0.15, -0.1) is 11.3 Å². The van der Waals surface area contributed by atoms with Crippen LogP contribution in [0.15, 0.2) is 34.2 Å². The second kappa shape index (κ2) is 5.08. The smallest absolute Gasteiger partial charge is 0.0943 e. The van der Waals surface area contributed by atoms with E-state index in [2.05, 4.69) is 40.0 Å². The number of aromatic nitrogens is 1. The predicted octanol–water partition coefficient (Wildman–Crippen LogP) is 3.46. The van der Waals surface area contributed by atoms with Crippen LogP contribution in [0.2, 0.25) is 0 Å². The van der Waals surface area contributed by atoms with E-state index in [1.54, 1.807) is 11.3 Å². The third kappa shape index (κ3) is 2.70. The molecule has 1 heterocycles. The zero-order valence-corrected chi connectivity index (χ0v) is 11.4. The molecule has 0 bridgehead atoms. The Hall–Kier alpha value is -0.710. The van der Waals surface area contributed by atoms with Crippen LogP contribution in [-0.4, -0.2) is 4.98 Å². The highest BCUT2D eigenvalue weighted by atomic mass is 79.9. The highest BCUT2D eigenvalue weighted by Crippen LogP contribution is 2.26. The lowest BCUT2D eigenvalue weighted by atomic mass is 10.0. The van der Waals surface area contributed by atoms with Crippen LogP contribution in [0.1, 0.15) is 22.2 Å². The van der Waals surface area contributed by atoms with Crippen LogP contribution in [0.3, 0.4) is 0 Å². The fourth-order valence-electron chi connectivity index (χ4n) is 1.60. The first-order valence-corrected chi connectivity index (χ1v) is 6.74. The Morgan fingerprint density at radius 3 is 3.00 bits per heavy atom. The minimum absolute atomic E-state index is 0.000394. The molecule has 2 nitrogen and oxygen atoms in total. The van der Waals surface area contributed by atoms with Crippen LogP contribution < -0.4 is 5.73 Å². The first-order valence-electron chi connectivity index (χ1n) is 5.07. The molecule has 2 rings (SSSR count). The molecule has 0 aliphatic rings. The number of halogens is 1. The fourth-order valence-corrected chi connectivity index (χ4v) is 2.82. The van der Waals surface area contributed by atoms with Crippen LogP contribution in [0.4, 0.5) is 0 Å². The number of nitrogens with two attached hydrogens (primary N) is 1. The van der Waals surface area contributed by atoms with Crippen molar-refractivity contribution < 1.29 is 0 Å². The van der Waals surface area contributed by atoms with E-state index in [-0.39, 0.29) is 6.04 Å². The van der Waals surface area contributed by atoms with E-state index in [0.29, 0.717) is 0 Å². The molecule has 2 aromatic rings. The van der Waals surface area contributed by atoms with Gasteiger partial charge < -0.3 is 5.73 Å². The van der Waals surface area contributed by atoms with Crippen LogP contribution >= 0.6 is 27.3 Å². The largest absolute Gasteiger partial charge is 0.324 e. The molecular formula is C12H13BrN2S. The van der Waals surface area contributed by atoms with E-state index >= 15 is 0 Å². The molecule has 0 spiro atoms. The molecule has 1 atom stereocenters. The highest BCUT2D eigenvalue weighted by molar-refractivity contribution is 9.10. The molecule has 2 N–H and O–H groups in total. The molecule has 84 valence electrons. The van der Waals surface area contributed by atoms with Crippen LogP contribution in [0, 0.1) is 6.92 Å². The van der Waals surface area contributed by atoms with Gasteiger partial charge in [-0.1, -0.05) is 33.6 Å². The number of hydrogen-bond donors (Lipinski definition) is 1. The quantitative estimate of drug-likeness (QED) is 0.942. The van der Waals surface area contributed by atoms with E-state index in [9.17, 15) is 0 Å². The average Bonchev–Trinajstić information content (AvgIpc) is 2.74. The van der Waals surface area contributed by atoms with Crippen molar-refractivity contribution in [1.82, 2.24) is 4.98 Å². The molecule has 0 aliphatic heterocycles. The van der Waals surface area contributed by atoms with Gasteiger partial charge in [-0.2, -0.15) is 0 Å². The molecule has 16 heavy (non-hydrogen) atoms. The molecule has 0 fully saturated rings. The summed E-state index contributed by atoms with van der Waals surface area (Å²) in [5.74, 6) is 0. The number of aryl methyl sites for hydroxylation is 1. The van der Waals surface area contributed by atoms with Crippen molar-refractivity contribution in [2.45, 2.75) is 19.4 Å². The average molecular weight is 297 g/mol. The summed E-state index contributed by atoms with van der Waals surface area (Å²) in [6.07, 6.45) is 2.61. The summed E-state index contributed by atoms with van der Waals surface area (Å²) in [4.78, 5) is 4.26. The summed E-state index contributed by atoms with van der Waals surface area (Å²) in [7, 11) is 0. The Kier molecular flexibility index (Phi) is 3.74. The van der Waals surface area contributed by atoms with Gasteiger partial charge >= 0.3 is 0 Å². The van der Waals surface area contributed by atoms with Crippen molar-refractivity contribution >= 4 is 27.3 Å². The topological polar surface area (TPSA) is 38.9 Å². The number of nitrogens with zero attached hydrogens (tertiary/aromatic N) is 1. The van der Waals surface area contributed by atoms with Gasteiger partial charge in [0, 0.05) is 28.5 Å². The molecule has 0 aliphatic carbocycles. The minimum atomic E-state index is 0.000394. The maximum atomic E-state index is 6.19. The van der Waals surface area contributed by atoms with Crippen LogP contribution in [-0.2, 0) is 6.42 Å². The van der Waals surface area contributed by atoms with E-state index in [0.717, 1.165) is 21.5 Å². The Bertz CT molecular complexity index is 468. The molecule has 0 saturated heterocycles. The Morgan fingerprint density at radius 1 is 1.50 bits per heavy atom. The predicted molar refractivity (Wildman–Crippen MR) is 71.6 cm³/mol. The number of thiazole rings is 1. The van der Waals surface area contributed by atoms with Crippen molar-refractivity contribution in [3.63, 3.8) is 0 Å². The molecule has 1 aromatic carbocycles. The van der Waals surface area contributed by atoms with Crippen molar-refractivity contribution in [1.29, 1.82) is 0 Å². The minimum Gasteiger partial charge on any atom is -0.324 e. The summed E-state index contributed by atoms with van der Waals surface area (Å²) in [6, 6.07) is 6.25. The van der Waals surface area contributed by atoms with Gasteiger partial charge in [0.1, 0.15) is 0 Å². The lowest BCUT2D eigenvalue weighted by molar-refractivity contribution is 0.714. The van der Waals surface area contributed by atoms with Crippen LogP contribution in [0.25, 0.3) is 0 Å². The third-order valence-corrected chi connectivity index (χ3v) is 3.95. The monoisotopic (exact) mass is 296 g/mol. The second-order valence-electron chi connectivity index (χ2n) is 3.76. The van der Waals surface area contributed by atoms with Gasteiger partial charge in [-0.3, -0.25) is 0 Å². The SMILES string of the molecule is Cc1ccc(Br)c(C(N)Cc2nccs2)c1. The zero-order valence-electron chi connectivity index (χ0n) is 8.98. The van der Waals surface area contributed by atoms with Crippen molar-refractivity contribution in [3.8, 4) is 0 Å². The van der Waals surface area contributed by atoms with E-state index < -0.39 is 0 Å². The molecule has 1 aromatic heterocycles. The number of hydrogen-bond acceptors (Lipinski definition) is 3. The van der Waals surface area contributed by atoms with Gasteiger partial charge in [0.2, 0.25) is 0 Å². The van der Waals surface area contributed by atoms with Gasteiger partial charge in [0.05, 0.1) is 5.01 Å². The summed E-state index contributed by atoms with van der Waals surface area (Å²) in [6.45, 7) is 2.08. The normalized spacial score (nSPS) is 12.7. The Labute approximate surface area is 108 Å². The summed E-state index contributed by atoms with van der Waals surface area (Å²) in [5.41, 5.74) is 8.57. The van der Waals surface area contributed by atoms with Crippen molar-refractivity contribution in [2.24, 2.45) is 5.73 Å². The van der Waals surface area contributed by atoms with Gasteiger partial charge in [-0.25, -0.2) is 4.98 Å². The fraction of sp³-hybridized carbons (Fsp3) is 0.250. The first-order chi connectivity index (χ1) is 7.66.